The van der Waals surface area contributed by atoms with Crippen molar-refractivity contribution in [3.05, 3.63) is 34.0 Å². The lowest BCUT2D eigenvalue weighted by Gasteiger charge is -2.32. The summed E-state index contributed by atoms with van der Waals surface area (Å²) in [5.41, 5.74) is 1.65. The van der Waals surface area contributed by atoms with Gasteiger partial charge in [-0.2, -0.15) is 0 Å². The molecule has 1 saturated heterocycles. The van der Waals surface area contributed by atoms with E-state index in [9.17, 15) is 9.59 Å². The van der Waals surface area contributed by atoms with Crippen molar-refractivity contribution >= 4 is 38.8 Å². The number of carboxylic acid groups (broad SMARTS) is 1. The molecule has 1 aliphatic heterocycles. The van der Waals surface area contributed by atoms with Crippen molar-refractivity contribution in [1.29, 1.82) is 0 Å². The molecule has 5 nitrogen and oxygen atoms in total. The number of hydrogen-bond acceptors (Lipinski definition) is 3. The van der Waals surface area contributed by atoms with Gasteiger partial charge in [0.15, 0.2) is 5.76 Å². The quantitative estimate of drug-likeness (QED) is 0.844. The van der Waals surface area contributed by atoms with Gasteiger partial charge in [-0.25, -0.2) is 0 Å². The molecule has 1 saturated carbocycles. The minimum atomic E-state index is -0.701. The predicted molar refractivity (Wildman–Crippen MR) is 92.0 cm³/mol. The summed E-state index contributed by atoms with van der Waals surface area (Å²) in [6.45, 7) is 3.15. The van der Waals surface area contributed by atoms with Gasteiger partial charge in [-0.3, -0.25) is 9.59 Å². The van der Waals surface area contributed by atoms with Crippen LogP contribution in [-0.2, 0) is 4.79 Å². The molecule has 24 heavy (non-hydrogen) atoms. The molecule has 1 unspecified atom stereocenters. The first kappa shape index (κ1) is 15.7. The van der Waals surface area contributed by atoms with E-state index in [-0.39, 0.29) is 17.2 Å². The lowest BCUT2D eigenvalue weighted by Crippen LogP contribution is -2.39. The Labute approximate surface area is 147 Å². The average Bonchev–Trinajstić information content (AvgIpc) is 3.06. The number of carboxylic acids is 1. The van der Waals surface area contributed by atoms with Gasteiger partial charge in [0.1, 0.15) is 5.58 Å². The van der Waals surface area contributed by atoms with Crippen molar-refractivity contribution in [3.63, 3.8) is 0 Å². The number of benzene rings is 1. The van der Waals surface area contributed by atoms with Crippen molar-refractivity contribution in [2.45, 2.75) is 26.2 Å². The molecule has 4 rings (SSSR count). The number of aryl methyl sites for hydroxylation is 1. The van der Waals surface area contributed by atoms with E-state index in [0.717, 1.165) is 40.3 Å². The van der Waals surface area contributed by atoms with Crippen molar-refractivity contribution in [1.82, 2.24) is 4.90 Å². The number of carbonyl (C=O) groups excluding carboxylic acids is 1. The Bertz CT molecular complexity index is 848. The second-order valence-electron chi connectivity index (χ2n) is 7.00. The van der Waals surface area contributed by atoms with E-state index in [2.05, 4.69) is 15.9 Å². The van der Waals surface area contributed by atoms with Crippen LogP contribution in [0, 0.1) is 18.3 Å². The molecule has 6 heteroatoms. The Balaban J connectivity index is 1.51. The number of carbonyl (C=O) groups is 2. The first-order valence-corrected chi connectivity index (χ1v) is 8.91. The monoisotopic (exact) mass is 391 g/mol. The van der Waals surface area contributed by atoms with Crippen LogP contribution in [0.5, 0.6) is 0 Å². The normalized spacial score (nSPS) is 22.1. The Morgan fingerprint density at radius 3 is 2.62 bits per heavy atom. The zero-order valence-electron chi connectivity index (χ0n) is 13.3. The maximum absolute atomic E-state index is 12.7. The summed E-state index contributed by atoms with van der Waals surface area (Å²) in [6, 6.07) is 5.69. The highest BCUT2D eigenvalue weighted by atomic mass is 79.9. The molecule has 2 heterocycles. The largest absolute Gasteiger partial charge is 0.481 e. The molecule has 1 aromatic heterocycles. The Morgan fingerprint density at radius 1 is 1.29 bits per heavy atom. The number of fused-ring (bicyclic) bond motifs is 1. The van der Waals surface area contributed by atoms with Gasteiger partial charge < -0.3 is 14.4 Å². The van der Waals surface area contributed by atoms with Crippen LogP contribution >= 0.6 is 15.9 Å². The number of likely N-dealkylation sites (tertiary alicyclic amines) is 1. The Morgan fingerprint density at radius 2 is 2.00 bits per heavy atom. The third-order valence-corrected chi connectivity index (χ3v) is 5.97. The lowest BCUT2D eigenvalue weighted by molar-refractivity contribution is -0.139. The van der Waals surface area contributed by atoms with Crippen LogP contribution in [0.4, 0.5) is 0 Å². The summed E-state index contributed by atoms with van der Waals surface area (Å²) in [5.74, 6) is -0.675. The van der Waals surface area contributed by atoms with Crippen molar-refractivity contribution < 1.29 is 19.1 Å². The highest BCUT2D eigenvalue weighted by Gasteiger charge is 2.59. The van der Waals surface area contributed by atoms with Crippen molar-refractivity contribution in [2.75, 3.05) is 13.1 Å². The van der Waals surface area contributed by atoms with Crippen LogP contribution in [-0.4, -0.2) is 35.0 Å². The summed E-state index contributed by atoms with van der Waals surface area (Å²) in [4.78, 5) is 25.6. The minimum Gasteiger partial charge on any atom is -0.481 e. The van der Waals surface area contributed by atoms with E-state index in [1.807, 2.05) is 19.1 Å². The molecule has 1 amide bonds. The molecule has 0 bridgehead atoms. The third-order valence-electron chi connectivity index (χ3n) is 5.51. The second kappa shape index (κ2) is 5.34. The molecule has 126 valence electrons. The van der Waals surface area contributed by atoms with E-state index in [1.165, 1.54) is 0 Å². The first-order valence-electron chi connectivity index (χ1n) is 8.11. The maximum Gasteiger partial charge on any atom is 0.307 e. The molecule has 1 atom stereocenters. The molecule has 2 aliphatic rings. The fourth-order valence-corrected chi connectivity index (χ4v) is 4.54. The van der Waals surface area contributed by atoms with Gasteiger partial charge in [-0.05, 0) is 55.4 Å². The SMILES string of the molecule is Cc1cc(Br)cc2cc(C(=O)N3CCC4(CC3)CC4C(=O)O)oc12. The molecular weight excluding hydrogens is 374 g/mol. The highest BCUT2D eigenvalue weighted by molar-refractivity contribution is 9.10. The van der Waals surface area contributed by atoms with E-state index in [4.69, 9.17) is 9.52 Å². The van der Waals surface area contributed by atoms with Gasteiger partial charge in [-0.15, -0.1) is 0 Å². The number of aliphatic carboxylic acids is 1. The highest BCUT2D eigenvalue weighted by Crippen LogP contribution is 2.59. The number of furan rings is 1. The number of amides is 1. The summed E-state index contributed by atoms with van der Waals surface area (Å²) in [6.07, 6.45) is 2.28. The smallest absolute Gasteiger partial charge is 0.307 e. The van der Waals surface area contributed by atoms with Gasteiger partial charge in [0.05, 0.1) is 5.92 Å². The second-order valence-corrected chi connectivity index (χ2v) is 7.92. The van der Waals surface area contributed by atoms with Crippen LogP contribution in [0.25, 0.3) is 11.0 Å². The Kier molecular flexibility index (Phi) is 3.49. The van der Waals surface area contributed by atoms with E-state index in [1.54, 1.807) is 11.0 Å². The van der Waals surface area contributed by atoms with Crippen LogP contribution in [0.3, 0.4) is 0 Å². The van der Waals surface area contributed by atoms with Gasteiger partial charge >= 0.3 is 5.97 Å². The van der Waals surface area contributed by atoms with Crippen LogP contribution in [0.15, 0.2) is 27.1 Å². The third kappa shape index (κ3) is 2.44. The van der Waals surface area contributed by atoms with Crippen LogP contribution < -0.4 is 0 Å². The summed E-state index contributed by atoms with van der Waals surface area (Å²) >= 11 is 3.46. The molecule has 1 aromatic carbocycles. The Hall–Kier alpha value is -1.82. The number of piperidine rings is 1. The van der Waals surface area contributed by atoms with Crippen molar-refractivity contribution in [2.24, 2.45) is 11.3 Å². The summed E-state index contributed by atoms with van der Waals surface area (Å²) in [7, 11) is 0. The fourth-order valence-electron chi connectivity index (χ4n) is 3.95. The predicted octanol–water partition coefficient (Wildman–Crippen LogP) is 3.83. The molecule has 1 N–H and O–H groups in total. The van der Waals surface area contributed by atoms with Gasteiger partial charge in [0.2, 0.25) is 0 Å². The fraction of sp³-hybridized carbons (Fsp3) is 0.444. The number of nitrogens with zero attached hydrogens (tertiary/aromatic N) is 1. The molecular formula is C18H18BrNO4. The standard InChI is InChI=1S/C18H18BrNO4/c1-10-6-12(19)7-11-8-14(24-15(10)11)16(21)20-4-2-18(3-5-20)9-13(18)17(22)23/h6-8,13H,2-5,9H2,1H3,(H,22,23). The minimum absolute atomic E-state index is 0.0715. The molecule has 1 aliphatic carbocycles. The average molecular weight is 392 g/mol. The molecule has 2 aromatic rings. The lowest BCUT2D eigenvalue weighted by atomic mass is 9.90. The number of rotatable bonds is 2. The van der Waals surface area contributed by atoms with Crippen LogP contribution in [0.2, 0.25) is 0 Å². The van der Waals surface area contributed by atoms with Gasteiger partial charge in [0.25, 0.3) is 5.91 Å². The summed E-state index contributed by atoms with van der Waals surface area (Å²) in [5, 5.41) is 10.1. The van der Waals surface area contributed by atoms with Gasteiger partial charge in [0, 0.05) is 22.9 Å². The zero-order chi connectivity index (χ0) is 17.1. The van der Waals surface area contributed by atoms with Gasteiger partial charge in [-0.1, -0.05) is 15.9 Å². The molecule has 2 fully saturated rings. The molecule has 1 spiro atoms. The van der Waals surface area contributed by atoms with Crippen LogP contribution in [0.1, 0.15) is 35.4 Å². The summed E-state index contributed by atoms with van der Waals surface area (Å²) < 4.78 is 6.75. The van der Waals surface area contributed by atoms with E-state index in [0.29, 0.717) is 18.8 Å². The molecule has 0 radical (unpaired) electrons. The van der Waals surface area contributed by atoms with E-state index < -0.39 is 5.97 Å². The topological polar surface area (TPSA) is 70.8 Å². The first-order chi connectivity index (χ1) is 11.4. The maximum atomic E-state index is 12.7. The number of hydrogen-bond donors (Lipinski definition) is 1. The van der Waals surface area contributed by atoms with E-state index >= 15 is 0 Å². The van der Waals surface area contributed by atoms with Crippen molar-refractivity contribution in [3.8, 4) is 0 Å². The zero-order valence-corrected chi connectivity index (χ0v) is 14.9. The number of halogens is 1.